The van der Waals surface area contributed by atoms with Gasteiger partial charge in [-0.05, 0) is 25.5 Å². The van der Waals surface area contributed by atoms with Crippen LogP contribution in [-0.4, -0.2) is 17.3 Å². The van der Waals surface area contributed by atoms with E-state index in [-0.39, 0.29) is 5.91 Å². The van der Waals surface area contributed by atoms with Crippen LogP contribution in [0.5, 0.6) is 0 Å². The van der Waals surface area contributed by atoms with Crippen molar-refractivity contribution in [2.75, 3.05) is 6.54 Å². The van der Waals surface area contributed by atoms with E-state index >= 15 is 0 Å². The molecule has 1 atom stereocenters. The van der Waals surface area contributed by atoms with Crippen LogP contribution in [0.2, 0.25) is 0 Å². The average Bonchev–Trinajstić information content (AvgIpc) is 2.27. The molecule has 0 aliphatic rings. The van der Waals surface area contributed by atoms with Crippen LogP contribution in [0.1, 0.15) is 35.7 Å². The first-order valence-corrected chi connectivity index (χ1v) is 6.54. The maximum absolute atomic E-state index is 11.7. The molecule has 16 heavy (non-hydrogen) atoms. The smallest absolute Gasteiger partial charge is 0.251 e. The van der Waals surface area contributed by atoms with Crippen LogP contribution in [0.4, 0.5) is 0 Å². The van der Waals surface area contributed by atoms with Gasteiger partial charge in [0.25, 0.3) is 5.91 Å². The third-order valence-electron chi connectivity index (χ3n) is 2.40. The topological polar surface area (TPSA) is 29.1 Å². The van der Waals surface area contributed by atoms with Crippen molar-refractivity contribution in [3.63, 3.8) is 0 Å². The molecule has 0 saturated heterocycles. The molecule has 1 aromatic rings. The van der Waals surface area contributed by atoms with Gasteiger partial charge in [-0.25, -0.2) is 0 Å². The molecule has 0 heterocycles. The molecular formula is C13H18BrNO. The Balaban J connectivity index is 2.43. The minimum absolute atomic E-state index is 0.000512. The van der Waals surface area contributed by atoms with Gasteiger partial charge in [-0.3, -0.25) is 4.79 Å². The van der Waals surface area contributed by atoms with Crippen molar-refractivity contribution in [3.8, 4) is 0 Å². The Morgan fingerprint density at radius 1 is 1.38 bits per heavy atom. The van der Waals surface area contributed by atoms with Crippen molar-refractivity contribution in [2.24, 2.45) is 0 Å². The lowest BCUT2D eigenvalue weighted by molar-refractivity contribution is 0.0953. The molecule has 88 valence electrons. The molecule has 0 aliphatic carbocycles. The molecule has 0 fully saturated rings. The fraction of sp³-hybridized carbons (Fsp3) is 0.462. The first-order valence-electron chi connectivity index (χ1n) is 5.62. The van der Waals surface area contributed by atoms with Crippen LogP contribution in [0, 0.1) is 6.92 Å². The number of benzene rings is 1. The molecule has 0 spiro atoms. The third kappa shape index (κ3) is 4.35. The number of aryl methyl sites for hydroxylation is 1. The summed E-state index contributed by atoms with van der Waals surface area (Å²) in [7, 11) is 0. The number of hydrogen-bond donors (Lipinski definition) is 1. The fourth-order valence-corrected chi connectivity index (χ4v) is 2.05. The Morgan fingerprint density at radius 2 is 2.00 bits per heavy atom. The summed E-state index contributed by atoms with van der Waals surface area (Å²) in [6.45, 7) is 4.83. The Morgan fingerprint density at radius 3 is 2.56 bits per heavy atom. The van der Waals surface area contributed by atoms with Gasteiger partial charge >= 0.3 is 0 Å². The molecule has 1 amide bonds. The van der Waals surface area contributed by atoms with Crippen molar-refractivity contribution in [3.05, 3.63) is 35.4 Å². The minimum Gasteiger partial charge on any atom is -0.351 e. The average molecular weight is 284 g/mol. The summed E-state index contributed by atoms with van der Waals surface area (Å²) in [6.07, 6.45) is 2.20. The van der Waals surface area contributed by atoms with Crippen LogP contribution in [0.3, 0.4) is 0 Å². The highest BCUT2D eigenvalue weighted by Gasteiger charge is 2.07. The van der Waals surface area contributed by atoms with E-state index in [9.17, 15) is 4.79 Å². The van der Waals surface area contributed by atoms with E-state index in [0.717, 1.165) is 18.4 Å². The first kappa shape index (κ1) is 13.2. The number of alkyl halides is 1. The standard InChI is InChI=1S/C13H18BrNO/c1-3-4-12(14)9-15-13(16)11-7-5-10(2)6-8-11/h5-8,12H,3-4,9H2,1-2H3,(H,15,16). The number of carbonyl (C=O) groups excluding carboxylic acids is 1. The Bertz CT molecular complexity index is 334. The van der Waals surface area contributed by atoms with E-state index in [1.54, 1.807) is 0 Å². The van der Waals surface area contributed by atoms with Crippen LogP contribution in [-0.2, 0) is 0 Å². The summed E-state index contributed by atoms with van der Waals surface area (Å²) in [5.41, 5.74) is 1.89. The number of nitrogens with one attached hydrogen (secondary N) is 1. The lowest BCUT2D eigenvalue weighted by atomic mass is 10.1. The lowest BCUT2D eigenvalue weighted by Crippen LogP contribution is -2.29. The largest absolute Gasteiger partial charge is 0.351 e. The molecule has 0 aliphatic heterocycles. The van der Waals surface area contributed by atoms with E-state index in [0.29, 0.717) is 11.4 Å². The van der Waals surface area contributed by atoms with Crippen LogP contribution < -0.4 is 5.32 Å². The van der Waals surface area contributed by atoms with Gasteiger partial charge in [0.1, 0.15) is 0 Å². The monoisotopic (exact) mass is 283 g/mol. The van der Waals surface area contributed by atoms with E-state index in [1.165, 1.54) is 5.56 Å². The van der Waals surface area contributed by atoms with Crippen LogP contribution >= 0.6 is 15.9 Å². The van der Waals surface area contributed by atoms with E-state index in [2.05, 4.69) is 28.2 Å². The second-order valence-corrected chi connectivity index (χ2v) is 5.26. The molecule has 0 bridgehead atoms. The van der Waals surface area contributed by atoms with Gasteiger partial charge < -0.3 is 5.32 Å². The molecule has 0 radical (unpaired) electrons. The minimum atomic E-state index is 0.000512. The summed E-state index contributed by atoms with van der Waals surface area (Å²) in [5.74, 6) is 0.000512. The summed E-state index contributed by atoms with van der Waals surface area (Å²) in [5, 5.41) is 2.92. The second-order valence-electron chi connectivity index (χ2n) is 3.96. The van der Waals surface area contributed by atoms with E-state index < -0.39 is 0 Å². The predicted octanol–water partition coefficient (Wildman–Crippen LogP) is 3.29. The number of amides is 1. The number of hydrogen-bond acceptors (Lipinski definition) is 1. The van der Waals surface area contributed by atoms with Crippen molar-refractivity contribution < 1.29 is 4.79 Å². The maximum Gasteiger partial charge on any atom is 0.251 e. The van der Waals surface area contributed by atoms with Crippen LogP contribution in [0.15, 0.2) is 24.3 Å². The van der Waals surface area contributed by atoms with Gasteiger partial charge in [0.2, 0.25) is 0 Å². The SMILES string of the molecule is CCCC(Br)CNC(=O)c1ccc(C)cc1. The van der Waals surface area contributed by atoms with Crippen molar-refractivity contribution >= 4 is 21.8 Å². The second kappa shape index (κ2) is 6.69. The molecule has 3 heteroatoms. The summed E-state index contributed by atoms with van der Waals surface area (Å²) < 4.78 is 0. The van der Waals surface area contributed by atoms with Gasteiger partial charge in [0, 0.05) is 16.9 Å². The third-order valence-corrected chi connectivity index (χ3v) is 3.18. The highest BCUT2D eigenvalue weighted by molar-refractivity contribution is 9.09. The number of carbonyl (C=O) groups is 1. The quantitative estimate of drug-likeness (QED) is 0.826. The Hall–Kier alpha value is -0.830. The van der Waals surface area contributed by atoms with Gasteiger partial charge in [-0.1, -0.05) is 47.0 Å². The zero-order chi connectivity index (χ0) is 12.0. The molecule has 0 saturated carbocycles. The summed E-state index contributed by atoms with van der Waals surface area (Å²) >= 11 is 3.54. The highest BCUT2D eigenvalue weighted by Crippen LogP contribution is 2.07. The summed E-state index contributed by atoms with van der Waals surface area (Å²) in [6, 6.07) is 7.61. The summed E-state index contributed by atoms with van der Waals surface area (Å²) in [4.78, 5) is 12.1. The number of halogens is 1. The molecular weight excluding hydrogens is 266 g/mol. The molecule has 1 aromatic carbocycles. The Labute approximate surface area is 106 Å². The van der Waals surface area contributed by atoms with E-state index in [1.807, 2.05) is 31.2 Å². The highest BCUT2D eigenvalue weighted by atomic mass is 79.9. The molecule has 0 aromatic heterocycles. The molecule has 1 N–H and O–H groups in total. The van der Waals surface area contributed by atoms with Crippen molar-refractivity contribution in [2.45, 2.75) is 31.5 Å². The zero-order valence-corrected chi connectivity index (χ0v) is 11.4. The van der Waals surface area contributed by atoms with Crippen molar-refractivity contribution in [1.29, 1.82) is 0 Å². The van der Waals surface area contributed by atoms with Gasteiger partial charge in [0.05, 0.1) is 0 Å². The normalized spacial score (nSPS) is 12.2. The fourth-order valence-electron chi connectivity index (χ4n) is 1.43. The van der Waals surface area contributed by atoms with Crippen molar-refractivity contribution in [1.82, 2.24) is 5.32 Å². The maximum atomic E-state index is 11.7. The molecule has 1 unspecified atom stereocenters. The van der Waals surface area contributed by atoms with Gasteiger partial charge in [-0.15, -0.1) is 0 Å². The van der Waals surface area contributed by atoms with Crippen LogP contribution in [0.25, 0.3) is 0 Å². The Kier molecular flexibility index (Phi) is 5.53. The van der Waals surface area contributed by atoms with Gasteiger partial charge in [0.15, 0.2) is 0 Å². The number of rotatable bonds is 5. The lowest BCUT2D eigenvalue weighted by Gasteiger charge is -2.10. The first-order chi connectivity index (χ1) is 7.63. The predicted molar refractivity (Wildman–Crippen MR) is 71.1 cm³/mol. The molecule has 1 rings (SSSR count). The van der Waals surface area contributed by atoms with E-state index in [4.69, 9.17) is 0 Å². The molecule has 2 nitrogen and oxygen atoms in total. The van der Waals surface area contributed by atoms with Gasteiger partial charge in [-0.2, -0.15) is 0 Å². The zero-order valence-electron chi connectivity index (χ0n) is 9.79.